The summed E-state index contributed by atoms with van der Waals surface area (Å²) < 4.78 is 10.3. The topological polar surface area (TPSA) is 52.6 Å². The molecule has 0 aliphatic carbocycles. The van der Waals surface area contributed by atoms with Crippen molar-refractivity contribution in [3.63, 3.8) is 0 Å². The lowest BCUT2D eigenvalue weighted by Crippen LogP contribution is -2.11. The van der Waals surface area contributed by atoms with Crippen LogP contribution in [0.5, 0.6) is 0 Å². The van der Waals surface area contributed by atoms with E-state index >= 15 is 0 Å². The molecule has 0 saturated heterocycles. The summed E-state index contributed by atoms with van der Waals surface area (Å²) in [5, 5.41) is 0. The van der Waals surface area contributed by atoms with Crippen molar-refractivity contribution in [1.29, 1.82) is 0 Å². The van der Waals surface area contributed by atoms with Crippen molar-refractivity contribution < 1.29 is 19.1 Å². The second-order valence-electron chi connectivity index (χ2n) is 6.82. The van der Waals surface area contributed by atoms with Crippen molar-refractivity contribution in [2.75, 3.05) is 6.61 Å². The third-order valence-electron chi connectivity index (χ3n) is 3.96. The molecule has 0 saturated carbocycles. The number of carbonyl (C=O) groups excluding carboxylic acids is 2. The van der Waals surface area contributed by atoms with Gasteiger partial charge in [-0.1, -0.05) is 76.3 Å². The molecule has 0 fully saturated rings. The molecule has 1 rings (SSSR count). The number of hydrogen-bond donors (Lipinski definition) is 0. The van der Waals surface area contributed by atoms with Gasteiger partial charge in [-0.2, -0.15) is 0 Å². The second-order valence-corrected chi connectivity index (χ2v) is 6.82. The van der Waals surface area contributed by atoms with Crippen molar-refractivity contribution in [2.24, 2.45) is 5.92 Å². The first-order valence-corrected chi connectivity index (χ1v) is 9.43. The van der Waals surface area contributed by atoms with Gasteiger partial charge in [0, 0.05) is 0 Å². The van der Waals surface area contributed by atoms with Crippen LogP contribution in [0.4, 0.5) is 0 Å². The number of hydrogen-bond acceptors (Lipinski definition) is 4. The van der Waals surface area contributed by atoms with E-state index in [1.807, 2.05) is 30.3 Å². The molecule has 0 heterocycles. The van der Waals surface area contributed by atoms with Gasteiger partial charge >= 0.3 is 11.9 Å². The lowest BCUT2D eigenvalue weighted by Gasteiger charge is -2.06. The SMILES string of the molecule is CC(C)CCCCCCCOC(=O)CCC(=O)OCc1ccccc1. The van der Waals surface area contributed by atoms with Crippen LogP contribution in [0.25, 0.3) is 0 Å². The standard InChI is InChI=1S/C21H32O4/c1-18(2)11-7-4-3-5-10-16-24-20(22)14-15-21(23)25-17-19-12-8-6-9-13-19/h6,8-9,12-13,18H,3-5,7,10-11,14-17H2,1-2H3. The molecule has 1 aromatic carbocycles. The minimum atomic E-state index is -0.369. The Morgan fingerprint density at radius 3 is 2.12 bits per heavy atom. The van der Waals surface area contributed by atoms with Gasteiger partial charge in [0.2, 0.25) is 0 Å². The molecule has 0 unspecified atom stereocenters. The Labute approximate surface area is 151 Å². The number of unbranched alkanes of at least 4 members (excludes halogenated alkanes) is 4. The highest BCUT2D eigenvalue weighted by atomic mass is 16.5. The van der Waals surface area contributed by atoms with Crippen LogP contribution >= 0.6 is 0 Å². The van der Waals surface area contributed by atoms with Crippen molar-refractivity contribution in [2.45, 2.75) is 71.8 Å². The first-order chi connectivity index (χ1) is 12.1. The van der Waals surface area contributed by atoms with Crippen molar-refractivity contribution >= 4 is 11.9 Å². The van der Waals surface area contributed by atoms with Crippen molar-refractivity contribution in [1.82, 2.24) is 0 Å². The monoisotopic (exact) mass is 348 g/mol. The Morgan fingerprint density at radius 1 is 0.840 bits per heavy atom. The highest BCUT2D eigenvalue weighted by Crippen LogP contribution is 2.10. The fourth-order valence-corrected chi connectivity index (χ4v) is 2.46. The van der Waals surface area contributed by atoms with Gasteiger partial charge in [-0.05, 0) is 17.9 Å². The first kappa shape index (κ1) is 21.2. The zero-order valence-corrected chi connectivity index (χ0v) is 15.7. The average Bonchev–Trinajstić information content (AvgIpc) is 2.61. The van der Waals surface area contributed by atoms with E-state index < -0.39 is 0 Å². The lowest BCUT2D eigenvalue weighted by atomic mass is 10.0. The highest BCUT2D eigenvalue weighted by molar-refractivity contribution is 5.77. The Balaban J connectivity index is 1.95. The number of rotatable bonds is 13. The van der Waals surface area contributed by atoms with E-state index in [9.17, 15) is 9.59 Å². The largest absolute Gasteiger partial charge is 0.466 e. The Kier molecular flexibility index (Phi) is 11.4. The number of esters is 2. The van der Waals surface area contributed by atoms with E-state index in [-0.39, 0.29) is 31.4 Å². The molecule has 0 aliphatic rings. The summed E-state index contributed by atoms with van der Waals surface area (Å²) in [5.41, 5.74) is 0.937. The minimum Gasteiger partial charge on any atom is -0.466 e. The smallest absolute Gasteiger partial charge is 0.306 e. The van der Waals surface area contributed by atoms with E-state index in [2.05, 4.69) is 13.8 Å². The van der Waals surface area contributed by atoms with E-state index in [0.29, 0.717) is 6.61 Å². The molecule has 25 heavy (non-hydrogen) atoms. The third-order valence-corrected chi connectivity index (χ3v) is 3.96. The molecule has 1 aromatic rings. The second kappa shape index (κ2) is 13.5. The van der Waals surface area contributed by atoms with Crippen molar-refractivity contribution in [3.8, 4) is 0 Å². The van der Waals surface area contributed by atoms with Gasteiger partial charge in [0.05, 0.1) is 19.4 Å². The normalized spacial score (nSPS) is 10.7. The molecule has 0 bridgehead atoms. The van der Waals surface area contributed by atoms with Crippen molar-refractivity contribution in [3.05, 3.63) is 35.9 Å². The average molecular weight is 348 g/mol. The van der Waals surface area contributed by atoms with Crippen LogP contribution in [0.2, 0.25) is 0 Å². The van der Waals surface area contributed by atoms with Crippen LogP contribution in [-0.4, -0.2) is 18.5 Å². The number of carbonyl (C=O) groups is 2. The summed E-state index contributed by atoms with van der Waals surface area (Å²) in [6.45, 7) is 5.18. The van der Waals surface area contributed by atoms with Gasteiger partial charge in [-0.15, -0.1) is 0 Å². The fourth-order valence-electron chi connectivity index (χ4n) is 2.46. The third kappa shape index (κ3) is 12.2. The molecule has 0 aromatic heterocycles. The van der Waals surface area contributed by atoms with Gasteiger partial charge in [0.1, 0.15) is 6.61 Å². The predicted octanol–water partition coefficient (Wildman–Crippen LogP) is 5.05. The molecule has 0 aliphatic heterocycles. The molecule has 0 amide bonds. The number of benzene rings is 1. The molecular weight excluding hydrogens is 316 g/mol. The van der Waals surface area contributed by atoms with Gasteiger partial charge in [0.25, 0.3) is 0 Å². The quantitative estimate of drug-likeness (QED) is 0.370. The fraction of sp³-hybridized carbons (Fsp3) is 0.619. The maximum atomic E-state index is 11.6. The summed E-state index contributed by atoms with van der Waals surface area (Å²) in [4.78, 5) is 23.2. The summed E-state index contributed by atoms with van der Waals surface area (Å²) in [5.74, 6) is 0.0859. The van der Waals surface area contributed by atoms with Crippen LogP contribution in [0.1, 0.15) is 70.8 Å². The molecule has 0 spiro atoms. The van der Waals surface area contributed by atoms with Crippen LogP contribution < -0.4 is 0 Å². The molecule has 4 nitrogen and oxygen atoms in total. The van der Waals surface area contributed by atoms with Gasteiger partial charge in [-0.25, -0.2) is 0 Å². The van der Waals surface area contributed by atoms with E-state index in [1.54, 1.807) is 0 Å². The summed E-state index contributed by atoms with van der Waals surface area (Å²) in [7, 11) is 0. The summed E-state index contributed by atoms with van der Waals surface area (Å²) in [6, 6.07) is 9.48. The minimum absolute atomic E-state index is 0.0703. The molecular formula is C21H32O4. The molecule has 140 valence electrons. The van der Waals surface area contributed by atoms with Crippen LogP contribution in [0, 0.1) is 5.92 Å². The van der Waals surface area contributed by atoms with Crippen LogP contribution in [-0.2, 0) is 25.7 Å². The molecule has 0 atom stereocenters. The van der Waals surface area contributed by atoms with Crippen LogP contribution in [0.3, 0.4) is 0 Å². The Hall–Kier alpha value is -1.84. The summed E-state index contributed by atoms with van der Waals surface area (Å²) >= 11 is 0. The van der Waals surface area contributed by atoms with Crippen LogP contribution in [0.15, 0.2) is 30.3 Å². The van der Waals surface area contributed by atoms with Gasteiger partial charge in [0.15, 0.2) is 0 Å². The Bertz CT molecular complexity index is 482. The maximum absolute atomic E-state index is 11.6. The van der Waals surface area contributed by atoms with Gasteiger partial charge in [-0.3, -0.25) is 9.59 Å². The summed E-state index contributed by atoms with van der Waals surface area (Å²) in [6.07, 6.45) is 7.15. The molecule has 4 heteroatoms. The molecule has 0 radical (unpaired) electrons. The van der Waals surface area contributed by atoms with E-state index in [4.69, 9.17) is 9.47 Å². The Morgan fingerprint density at radius 2 is 1.44 bits per heavy atom. The molecule has 0 N–H and O–H groups in total. The maximum Gasteiger partial charge on any atom is 0.306 e. The van der Waals surface area contributed by atoms with Gasteiger partial charge < -0.3 is 9.47 Å². The lowest BCUT2D eigenvalue weighted by molar-refractivity contribution is -0.151. The predicted molar refractivity (Wildman–Crippen MR) is 99.0 cm³/mol. The first-order valence-electron chi connectivity index (χ1n) is 9.43. The zero-order chi connectivity index (χ0) is 18.3. The van der Waals surface area contributed by atoms with E-state index in [1.165, 1.54) is 25.7 Å². The number of ether oxygens (including phenoxy) is 2. The highest BCUT2D eigenvalue weighted by Gasteiger charge is 2.09. The zero-order valence-electron chi connectivity index (χ0n) is 15.7. The van der Waals surface area contributed by atoms with E-state index in [0.717, 1.165) is 24.3 Å².